The van der Waals surface area contributed by atoms with Crippen molar-refractivity contribution in [3.05, 3.63) is 0 Å². The summed E-state index contributed by atoms with van der Waals surface area (Å²) < 4.78 is 5.01. The van der Waals surface area contributed by atoms with Crippen LogP contribution in [0.4, 0.5) is 0 Å². The number of nitrogens with one attached hydrogen (secondary N) is 1. The second-order valence-electron chi connectivity index (χ2n) is 5.73. The second kappa shape index (κ2) is 8.11. The monoisotopic (exact) mass is 259 g/mol. The predicted octanol–water partition coefficient (Wildman–Crippen LogP) is 2.76. The maximum Gasteiger partial charge on any atom is 0.325 e. The zero-order valence-corrected chi connectivity index (χ0v) is 12.3. The number of amides is 1. The van der Waals surface area contributed by atoms with Crippen LogP contribution in [0.5, 0.6) is 0 Å². The molecule has 0 atom stereocenters. The summed E-state index contributed by atoms with van der Waals surface area (Å²) in [6.45, 7) is 10.8. The number of unbranched alkanes of at least 4 members (excludes halogenated alkanes) is 1. The smallest absolute Gasteiger partial charge is 0.325 e. The minimum absolute atomic E-state index is 0. The Morgan fingerprint density at radius 1 is 1.28 bits per heavy atom. The molecule has 0 rings (SSSR count). The molecule has 0 aromatic rings. The molecule has 0 saturated heterocycles. The molecule has 0 aliphatic heterocycles. The normalized spacial score (nSPS) is 11.4. The third-order valence-electron chi connectivity index (χ3n) is 3.52. The number of ether oxygens (including phenoxy) is 1. The molecule has 108 valence electrons. The molecule has 0 unspecified atom stereocenters. The Morgan fingerprint density at radius 2 is 1.89 bits per heavy atom. The first-order valence-corrected chi connectivity index (χ1v) is 6.66. The fourth-order valence-electron chi connectivity index (χ4n) is 1.41. The van der Waals surface area contributed by atoms with Gasteiger partial charge < -0.3 is 10.1 Å². The Morgan fingerprint density at radius 3 is 2.39 bits per heavy atom. The van der Waals surface area contributed by atoms with Gasteiger partial charge in [0.2, 0.25) is 5.91 Å². The lowest BCUT2D eigenvalue weighted by Crippen LogP contribution is -2.28. The predicted molar refractivity (Wildman–Crippen MR) is 74.2 cm³/mol. The minimum atomic E-state index is -0.367. The highest BCUT2D eigenvalue weighted by atomic mass is 16.5. The Labute approximate surface area is 112 Å². The van der Waals surface area contributed by atoms with Crippen LogP contribution in [0.25, 0.3) is 0 Å². The molecule has 4 heteroatoms. The van der Waals surface area contributed by atoms with Gasteiger partial charge in [0.1, 0.15) is 6.54 Å². The van der Waals surface area contributed by atoms with Gasteiger partial charge in [-0.3, -0.25) is 9.59 Å². The summed E-state index contributed by atoms with van der Waals surface area (Å²) in [5.41, 5.74) is 0.334. The van der Waals surface area contributed by atoms with Crippen LogP contribution >= 0.6 is 0 Å². The number of carbonyl (C=O) groups excluding carboxylic acids is 2. The van der Waals surface area contributed by atoms with E-state index in [4.69, 9.17) is 4.74 Å². The van der Waals surface area contributed by atoms with Crippen molar-refractivity contribution in [1.82, 2.24) is 5.32 Å². The Hall–Kier alpha value is -1.06. The van der Waals surface area contributed by atoms with Crippen molar-refractivity contribution >= 4 is 11.9 Å². The highest BCUT2D eigenvalue weighted by molar-refractivity contribution is 5.80. The molecule has 0 spiro atoms. The van der Waals surface area contributed by atoms with Crippen LogP contribution in [-0.4, -0.2) is 25.0 Å². The van der Waals surface area contributed by atoms with E-state index in [9.17, 15) is 9.59 Å². The van der Waals surface area contributed by atoms with Crippen LogP contribution in [0.3, 0.4) is 0 Å². The average molecular weight is 259 g/mol. The lowest BCUT2D eigenvalue weighted by molar-refractivity contribution is -0.143. The fourth-order valence-corrected chi connectivity index (χ4v) is 1.41. The van der Waals surface area contributed by atoms with Crippen molar-refractivity contribution in [3.8, 4) is 0 Å². The van der Waals surface area contributed by atoms with E-state index in [1.54, 1.807) is 0 Å². The van der Waals surface area contributed by atoms with Crippen molar-refractivity contribution < 1.29 is 15.8 Å². The highest BCUT2D eigenvalue weighted by Gasteiger charge is 2.21. The maximum absolute atomic E-state index is 11.2. The van der Waals surface area contributed by atoms with Crippen LogP contribution in [0.1, 0.15) is 55.3 Å². The van der Waals surface area contributed by atoms with Crippen LogP contribution in [0.15, 0.2) is 0 Å². The van der Waals surface area contributed by atoms with Gasteiger partial charge in [-0.25, -0.2) is 0 Å². The first kappa shape index (κ1) is 16.9. The number of rotatable bonds is 8. The van der Waals surface area contributed by atoms with Crippen molar-refractivity contribution in [2.45, 2.75) is 53.9 Å². The van der Waals surface area contributed by atoms with E-state index < -0.39 is 0 Å². The molecule has 0 bridgehead atoms. The van der Waals surface area contributed by atoms with E-state index in [1.165, 1.54) is 6.92 Å². The summed E-state index contributed by atoms with van der Waals surface area (Å²) in [6.07, 6.45) is 3.06. The zero-order chi connectivity index (χ0) is 14.2. The molecule has 0 aromatic heterocycles. The molecule has 0 heterocycles. The SMILES string of the molecule is CC(=O)NCC(=O)OCCCCC(C)(C)C(C)C.[HH]. The summed E-state index contributed by atoms with van der Waals surface area (Å²) in [4.78, 5) is 21.8. The first-order chi connectivity index (χ1) is 8.25. The third kappa shape index (κ3) is 8.09. The van der Waals surface area contributed by atoms with E-state index in [1.807, 2.05) is 0 Å². The third-order valence-corrected chi connectivity index (χ3v) is 3.52. The van der Waals surface area contributed by atoms with Gasteiger partial charge in [-0.2, -0.15) is 0 Å². The van der Waals surface area contributed by atoms with E-state index in [0.29, 0.717) is 17.9 Å². The van der Waals surface area contributed by atoms with E-state index in [2.05, 4.69) is 33.0 Å². The quantitative estimate of drug-likeness (QED) is 0.538. The number of hydrogen-bond acceptors (Lipinski definition) is 3. The summed E-state index contributed by atoms with van der Waals surface area (Å²) >= 11 is 0. The topological polar surface area (TPSA) is 55.4 Å². The van der Waals surface area contributed by atoms with Gasteiger partial charge in [0.05, 0.1) is 6.61 Å². The van der Waals surface area contributed by atoms with E-state index in [0.717, 1.165) is 19.3 Å². The van der Waals surface area contributed by atoms with Gasteiger partial charge in [-0.05, 0) is 30.6 Å². The minimum Gasteiger partial charge on any atom is -0.464 e. The molecular weight excluding hydrogens is 230 g/mol. The number of carbonyl (C=O) groups is 2. The Bertz CT molecular complexity index is 278. The van der Waals surface area contributed by atoms with Gasteiger partial charge in [-0.15, -0.1) is 0 Å². The summed E-state index contributed by atoms with van der Waals surface area (Å²) in [6, 6.07) is 0. The standard InChI is InChI=1S/C14H27NO3.H2/c1-11(2)14(4,5)8-6-7-9-18-13(17)10-15-12(3)16;/h11H,6-10H2,1-5H3,(H,15,16);1H. The van der Waals surface area contributed by atoms with Crippen molar-refractivity contribution in [1.29, 1.82) is 0 Å². The fraction of sp³-hybridized carbons (Fsp3) is 0.857. The van der Waals surface area contributed by atoms with Crippen LogP contribution in [0.2, 0.25) is 0 Å². The summed E-state index contributed by atoms with van der Waals surface area (Å²) in [5.74, 6) is 0.0683. The highest BCUT2D eigenvalue weighted by Crippen LogP contribution is 2.31. The summed E-state index contributed by atoms with van der Waals surface area (Å²) in [5, 5.41) is 2.41. The lowest BCUT2D eigenvalue weighted by Gasteiger charge is -2.29. The molecule has 0 radical (unpaired) electrons. The molecule has 1 amide bonds. The van der Waals surface area contributed by atoms with Crippen molar-refractivity contribution in [3.63, 3.8) is 0 Å². The molecule has 1 N–H and O–H groups in total. The largest absolute Gasteiger partial charge is 0.464 e. The van der Waals surface area contributed by atoms with Gasteiger partial charge >= 0.3 is 5.97 Å². The number of hydrogen-bond donors (Lipinski definition) is 1. The van der Waals surface area contributed by atoms with E-state index in [-0.39, 0.29) is 19.8 Å². The van der Waals surface area contributed by atoms with Gasteiger partial charge in [0.25, 0.3) is 0 Å². The molecule has 0 aromatic carbocycles. The molecule has 18 heavy (non-hydrogen) atoms. The Balaban J connectivity index is 0. The van der Waals surface area contributed by atoms with Gasteiger partial charge in [0.15, 0.2) is 0 Å². The second-order valence-corrected chi connectivity index (χ2v) is 5.73. The first-order valence-electron chi connectivity index (χ1n) is 6.66. The average Bonchev–Trinajstić information content (AvgIpc) is 2.25. The van der Waals surface area contributed by atoms with Gasteiger partial charge in [0, 0.05) is 8.35 Å². The molecule has 0 aliphatic rings. The lowest BCUT2D eigenvalue weighted by atomic mass is 9.77. The van der Waals surface area contributed by atoms with E-state index >= 15 is 0 Å². The van der Waals surface area contributed by atoms with Crippen LogP contribution < -0.4 is 5.32 Å². The maximum atomic E-state index is 11.2. The molecule has 0 aliphatic carbocycles. The van der Waals surface area contributed by atoms with Gasteiger partial charge in [-0.1, -0.05) is 27.7 Å². The summed E-state index contributed by atoms with van der Waals surface area (Å²) in [7, 11) is 0. The number of esters is 1. The molecule has 0 saturated carbocycles. The molecule has 4 nitrogen and oxygen atoms in total. The Kier molecular flexibility index (Phi) is 7.64. The molecular formula is C14H29NO3. The van der Waals surface area contributed by atoms with Crippen LogP contribution in [-0.2, 0) is 14.3 Å². The zero-order valence-electron chi connectivity index (χ0n) is 12.3. The molecule has 0 fully saturated rings. The van der Waals surface area contributed by atoms with Crippen molar-refractivity contribution in [2.24, 2.45) is 11.3 Å². The van der Waals surface area contributed by atoms with Crippen molar-refractivity contribution in [2.75, 3.05) is 13.2 Å². The van der Waals surface area contributed by atoms with Crippen LogP contribution in [0, 0.1) is 11.3 Å².